The van der Waals surface area contributed by atoms with Crippen LogP contribution in [0.15, 0.2) is 59.7 Å². The van der Waals surface area contributed by atoms with Gasteiger partial charge in [0.05, 0.1) is 18.1 Å². The number of nitrogens with zero attached hydrogens (tertiary/aromatic N) is 2. The van der Waals surface area contributed by atoms with Crippen LogP contribution < -0.4 is 4.74 Å². The summed E-state index contributed by atoms with van der Waals surface area (Å²) >= 11 is 6.11. The molecule has 2 bridgehead atoms. The van der Waals surface area contributed by atoms with Crippen molar-refractivity contribution in [3.05, 3.63) is 76.6 Å². The highest BCUT2D eigenvalue weighted by Gasteiger charge is 2.59. The lowest BCUT2D eigenvalue weighted by Crippen LogP contribution is -2.28. The van der Waals surface area contributed by atoms with Gasteiger partial charge < -0.3 is 4.74 Å². The van der Waals surface area contributed by atoms with Gasteiger partial charge in [0.2, 0.25) is 0 Å². The number of halogens is 2. The average Bonchev–Trinajstić information content (AvgIpc) is 3.40. The van der Waals surface area contributed by atoms with E-state index in [1.54, 1.807) is 30.3 Å². The summed E-state index contributed by atoms with van der Waals surface area (Å²) in [7, 11) is 0. The zero-order valence-corrected chi connectivity index (χ0v) is 16.6. The Labute approximate surface area is 177 Å². The van der Waals surface area contributed by atoms with Gasteiger partial charge in [-0.05, 0) is 54.2 Å². The molecule has 1 aliphatic heterocycles. The largest absolute Gasteiger partial charge is 0.488 e. The fourth-order valence-corrected chi connectivity index (χ4v) is 4.84. The molecule has 152 valence electrons. The van der Waals surface area contributed by atoms with Crippen LogP contribution in [0.2, 0.25) is 5.02 Å². The molecule has 0 spiro atoms. The third-order valence-corrected chi connectivity index (χ3v) is 6.25. The Morgan fingerprint density at radius 2 is 1.83 bits per heavy atom. The van der Waals surface area contributed by atoms with Crippen LogP contribution in [-0.4, -0.2) is 23.0 Å². The summed E-state index contributed by atoms with van der Waals surface area (Å²) in [6.07, 6.45) is 6.37. The molecule has 1 saturated carbocycles. The van der Waals surface area contributed by atoms with E-state index in [0.29, 0.717) is 21.9 Å². The van der Waals surface area contributed by atoms with E-state index in [1.165, 1.54) is 18.3 Å². The fraction of sp³-hybridized carbons (Fsp3) is 0.261. The van der Waals surface area contributed by atoms with Crippen molar-refractivity contribution in [2.24, 2.45) is 28.8 Å². The number of hydrogen-bond acceptors (Lipinski definition) is 4. The maximum absolute atomic E-state index is 13.4. The molecule has 0 radical (unpaired) electrons. The predicted molar refractivity (Wildman–Crippen MR) is 109 cm³/mol. The molecule has 2 aromatic carbocycles. The highest BCUT2D eigenvalue weighted by atomic mass is 35.5. The monoisotopic (exact) mass is 424 g/mol. The van der Waals surface area contributed by atoms with Crippen LogP contribution >= 0.6 is 11.6 Å². The van der Waals surface area contributed by atoms with E-state index < -0.39 is 0 Å². The molecule has 2 fully saturated rings. The van der Waals surface area contributed by atoms with Crippen molar-refractivity contribution >= 4 is 29.6 Å². The highest BCUT2D eigenvalue weighted by Crippen LogP contribution is 2.52. The molecule has 5 rings (SSSR count). The van der Waals surface area contributed by atoms with Crippen molar-refractivity contribution in [1.29, 1.82) is 0 Å². The van der Waals surface area contributed by atoms with Crippen molar-refractivity contribution in [1.82, 2.24) is 5.01 Å². The van der Waals surface area contributed by atoms with E-state index >= 15 is 0 Å². The number of allylic oxidation sites excluding steroid dienone is 2. The second kappa shape index (κ2) is 7.36. The number of fused-ring (bicyclic) bond motifs is 5. The van der Waals surface area contributed by atoms with Crippen LogP contribution in [0, 0.1) is 29.5 Å². The molecular formula is C23H18ClFN2O3. The molecule has 4 unspecified atom stereocenters. The topological polar surface area (TPSA) is 59.0 Å². The Kier molecular flexibility index (Phi) is 4.66. The second-order valence-electron chi connectivity index (χ2n) is 7.83. The fourth-order valence-electron chi connectivity index (χ4n) is 4.66. The number of benzene rings is 2. The molecule has 2 aliphatic carbocycles. The minimum atomic E-state index is -0.339. The van der Waals surface area contributed by atoms with Crippen LogP contribution in [0.5, 0.6) is 5.75 Å². The summed E-state index contributed by atoms with van der Waals surface area (Å²) < 4.78 is 19.2. The van der Waals surface area contributed by atoms with E-state index in [9.17, 15) is 14.0 Å². The third kappa shape index (κ3) is 3.21. The summed E-state index contributed by atoms with van der Waals surface area (Å²) in [5.74, 6) is -0.700. The smallest absolute Gasteiger partial charge is 0.254 e. The van der Waals surface area contributed by atoms with Crippen molar-refractivity contribution in [3.8, 4) is 5.75 Å². The Hall–Kier alpha value is -2.99. The molecule has 4 atom stereocenters. The first-order chi connectivity index (χ1) is 14.5. The van der Waals surface area contributed by atoms with Crippen molar-refractivity contribution in [2.75, 3.05) is 0 Å². The van der Waals surface area contributed by atoms with Gasteiger partial charge in [0.15, 0.2) is 0 Å². The average molecular weight is 425 g/mol. The molecule has 0 aromatic heterocycles. The molecule has 1 saturated heterocycles. The van der Waals surface area contributed by atoms with E-state index in [2.05, 4.69) is 5.10 Å². The van der Waals surface area contributed by atoms with Crippen molar-refractivity contribution in [3.63, 3.8) is 0 Å². The van der Waals surface area contributed by atoms with Gasteiger partial charge in [-0.15, -0.1) is 0 Å². The van der Waals surface area contributed by atoms with Gasteiger partial charge in [0.1, 0.15) is 18.2 Å². The number of hydrazone groups is 1. The lowest BCUT2D eigenvalue weighted by atomic mass is 9.85. The van der Waals surface area contributed by atoms with Gasteiger partial charge in [-0.1, -0.05) is 35.9 Å². The van der Waals surface area contributed by atoms with Crippen molar-refractivity contribution < 1.29 is 18.7 Å². The van der Waals surface area contributed by atoms with Gasteiger partial charge in [0, 0.05) is 10.6 Å². The molecule has 7 heteroatoms. The highest BCUT2D eigenvalue weighted by molar-refractivity contribution is 6.31. The molecular weight excluding hydrogens is 407 g/mol. The Morgan fingerprint density at radius 3 is 2.53 bits per heavy atom. The number of ether oxygens (including phenoxy) is 1. The number of hydrogen-bond donors (Lipinski definition) is 0. The Bertz CT molecular complexity index is 1070. The number of rotatable bonds is 5. The number of amides is 2. The Morgan fingerprint density at radius 1 is 1.10 bits per heavy atom. The van der Waals surface area contributed by atoms with Crippen LogP contribution in [0.4, 0.5) is 4.39 Å². The van der Waals surface area contributed by atoms with Crippen LogP contribution in [0.1, 0.15) is 17.5 Å². The number of imide groups is 1. The third-order valence-electron chi connectivity index (χ3n) is 6.01. The minimum Gasteiger partial charge on any atom is -0.488 e. The molecule has 5 nitrogen and oxygen atoms in total. The molecule has 0 N–H and O–H groups in total. The van der Waals surface area contributed by atoms with Gasteiger partial charge in [-0.25, -0.2) is 4.39 Å². The Balaban J connectivity index is 1.36. The van der Waals surface area contributed by atoms with Gasteiger partial charge >= 0.3 is 0 Å². The molecule has 30 heavy (non-hydrogen) atoms. The quantitative estimate of drug-likeness (QED) is 0.410. The maximum atomic E-state index is 13.4. The second-order valence-corrected chi connectivity index (χ2v) is 8.27. The standard InChI is InChI=1S/C23H18ClFN2O3/c24-17-6-7-19(30-12-13-2-1-3-18(25)8-13)16(10-17)11-26-27-22(28)20-14-4-5-15(9-14)21(20)23(27)29/h1-8,10-11,14-15,20-21H,9,12H2. The molecule has 2 amide bonds. The SMILES string of the molecule is O=C1C2C3C=CC(C3)C2C(=O)N1N=Cc1cc(Cl)ccc1OCc1cccc(F)c1. The lowest BCUT2D eigenvalue weighted by Gasteiger charge is -2.13. The maximum Gasteiger partial charge on any atom is 0.254 e. The normalized spacial score (nSPS) is 26.8. The first-order valence-corrected chi connectivity index (χ1v) is 10.2. The number of carbonyl (C=O) groups excluding carboxylic acids is 2. The van der Waals surface area contributed by atoms with Crippen LogP contribution in [0.25, 0.3) is 0 Å². The summed E-state index contributed by atoms with van der Waals surface area (Å²) in [5.41, 5.74) is 1.20. The summed E-state index contributed by atoms with van der Waals surface area (Å²) in [6.45, 7) is 0.154. The van der Waals surface area contributed by atoms with Gasteiger partial charge in [0.25, 0.3) is 11.8 Å². The lowest BCUT2D eigenvalue weighted by molar-refractivity contribution is -0.140. The van der Waals surface area contributed by atoms with Crippen LogP contribution in [0.3, 0.4) is 0 Å². The van der Waals surface area contributed by atoms with Gasteiger partial charge in [-0.3, -0.25) is 9.59 Å². The van der Waals surface area contributed by atoms with Crippen LogP contribution in [-0.2, 0) is 16.2 Å². The summed E-state index contributed by atoms with van der Waals surface area (Å²) in [6, 6.07) is 11.1. The van der Waals surface area contributed by atoms with E-state index in [1.807, 2.05) is 12.2 Å². The minimum absolute atomic E-state index is 0.132. The van der Waals surface area contributed by atoms with E-state index in [0.717, 1.165) is 11.4 Å². The first kappa shape index (κ1) is 19.0. The molecule has 2 aromatic rings. The zero-order chi connectivity index (χ0) is 20.8. The van der Waals surface area contributed by atoms with E-state index in [-0.39, 0.29) is 47.9 Å². The van der Waals surface area contributed by atoms with Gasteiger partial charge in [-0.2, -0.15) is 10.1 Å². The zero-order valence-electron chi connectivity index (χ0n) is 15.9. The molecule has 1 heterocycles. The number of carbonyl (C=O) groups is 2. The molecule has 3 aliphatic rings. The predicted octanol–water partition coefficient (Wildman–Crippen LogP) is 4.20. The summed E-state index contributed by atoms with van der Waals surface area (Å²) in [4.78, 5) is 25.5. The first-order valence-electron chi connectivity index (χ1n) is 9.78. The summed E-state index contributed by atoms with van der Waals surface area (Å²) in [5, 5.41) is 5.64. The van der Waals surface area contributed by atoms with E-state index in [4.69, 9.17) is 16.3 Å². The van der Waals surface area contributed by atoms with Crippen molar-refractivity contribution in [2.45, 2.75) is 13.0 Å².